The van der Waals surface area contributed by atoms with E-state index in [2.05, 4.69) is 0 Å². The van der Waals surface area contributed by atoms with Crippen molar-refractivity contribution >= 4 is 16.7 Å². The summed E-state index contributed by atoms with van der Waals surface area (Å²) in [6, 6.07) is 8.80. The lowest BCUT2D eigenvalue weighted by Gasteiger charge is -2.27. The molecule has 0 radical (unpaired) electrons. The highest BCUT2D eigenvalue weighted by Crippen LogP contribution is 2.33. The number of carbonyl (C=O) groups is 1. The number of fused-ring (bicyclic) bond motifs is 1. The van der Waals surface area contributed by atoms with Crippen molar-refractivity contribution in [3.63, 3.8) is 0 Å². The zero-order valence-corrected chi connectivity index (χ0v) is 20.1. The predicted molar refractivity (Wildman–Crippen MR) is 130 cm³/mol. The second-order valence-corrected chi connectivity index (χ2v) is 8.26. The minimum absolute atomic E-state index is 0.0904. The molecular formula is C26H30N2O6. The first-order valence-corrected chi connectivity index (χ1v) is 11.3. The van der Waals surface area contributed by atoms with Crippen LogP contribution in [-0.2, 0) is 6.54 Å². The molecule has 1 aromatic heterocycles. The van der Waals surface area contributed by atoms with E-state index in [-0.39, 0.29) is 18.0 Å². The standard InChI is InChI=1S/C26H30N2O6/c1-31-18-9-8-17(22(12-18)32-2)15-28-16-21(26(30)27-10-6-5-7-11-27)19-13-23(33-3)24(34-4)14-20(19)25(28)29/h8-9,12-14,16H,5-7,10-11,15H2,1-4H3. The Morgan fingerprint density at radius 2 is 1.47 bits per heavy atom. The molecule has 1 aliphatic heterocycles. The molecule has 1 aliphatic rings. The van der Waals surface area contributed by atoms with E-state index >= 15 is 0 Å². The first kappa shape index (κ1) is 23.5. The molecule has 4 rings (SSSR count). The minimum Gasteiger partial charge on any atom is -0.497 e. The van der Waals surface area contributed by atoms with Crippen molar-refractivity contribution in [3.8, 4) is 23.0 Å². The smallest absolute Gasteiger partial charge is 0.258 e. The quantitative estimate of drug-likeness (QED) is 0.528. The van der Waals surface area contributed by atoms with Crippen LogP contribution in [0.5, 0.6) is 23.0 Å². The number of methoxy groups -OCH3 is 4. The number of ether oxygens (including phenoxy) is 4. The molecule has 1 saturated heterocycles. The average Bonchev–Trinajstić information content (AvgIpc) is 2.89. The number of carbonyl (C=O) groups excluding carboxylic acids is 1. The summed E-state index contributed by atoms with van der Waals surface area (Å²) in [4.78, 5) is 29.0. The number of likely N-dealkylation sites (tertiary alicyclic amines) is 1. The summed E-state index contributed by atoms with van der Waals surface area (Å²) < 4.78 is 23.2. The summed E-state index contributed by atoms with van der Waals surface area (Å²) in [5, 5.41) is 0.948. The van der Waals surface area contributed by atoms with Gasteiger partial charge in [-0.2, -0.15) is 0 Å². The van der Waals surface area contributed by atoms with E-state index in [9.17, 15) is 9.59 Å². The molecule has 8 nitrogen and oxygen atoms in total. The Morgan fingerprint density at radius 1 is 0.824 bits per heavy atom. The van der Waals surface area contributed by atoms with E-state index in [1.54, 1.807) is 43.2 Å². The Hall–Kier alpha value is -3.68. The molecule has 0 aliphatic carbocycles. The molecular weight excluding hydrogens is 436 g/mol. The van der Waals surface area contributed by atoms with Crippen LogP contribution in [0, 0.1) is 0 Å². The first-order chi connectivity index (χ1) is 16.5. The first-order valence-electron chi connectivity index (χ1n) is 11.3. The maximum absolute atomic E-state index is 13.6. The van der Waals surface area contributed by atoms with E-state index in [0.29, 0.717) is 52.4 Å². The maximum Gasteiger partial charge on any atom is 0.258 e. The highest BCUT2D eigenvalue weighted by atomic mass is 16.5. The van der Waals surface area contributed by atoms with E-state index in [1.807, 2.05) is 17.0 Å². The van der Waals surface area contributed by atoms with Gasteiger partial charge in [0.25, 0.3) is 11.5 Å². The van der Waals surface area contributed by atoms with Crippen molar-refractivity contribution in [1.29, 1.82) is 0 Å². The third-order valence-electron chi connectivity index (χ3n) is 6.30. The molecule has 0 N–H and O–H groups in total. The zero-order chi connectivity index (χ0) is 24.2. The van der Waals surface area contributed by atoms with Gasteiger partial charge in [0.2, 0.25) is 0 Å². The lowest BCUT2D eigenvalue weighted by atomic mass is 10.0. The fraction of sp³-hybridized carbons (Fsp3) is 0.385. The van der Waals surface area contributed by atoms with Crippen LogP contribution >= 0.6 is 0 Å². The Labute approximate surface area is 198 Å². The number of piperidine rings is 1. The SMILES string of the molecule is COc1ccc(Cn2cc(C(=O)N3CCCCC3)c3cc(OC)c(OC)cc3c2=O)c(OC)c1. The van der Waals surface area contributed by atoms with Gasteiger partial charge in [-0.05, 0) is 43.5 Å². The molecule has 1 fully saturated rings. The summed E-state index contributed by atoms with van der Waals surface area (Å²) in [5.74, 6) is 2.07. The normalized spacial score (nSPS) is 13.6. The van der Waals surface area contributed by atoms with Gasteiger partial charge in [-0.1, -0.05) is 0 Å². The molecule has 0 unspecified atom stereocenters. The molecule has 180 valence electrons. The molecule has 0 saturated carbocycles. The average molecular weight is 467 g/mol. The molecule has 0 bridgehead atoms. The third kappa shape index (κ3) is 4.40. The van der Waals surface area contributed by atoms with Crippen molar-refractivity contribution in [2.45, 2.75) is 25.8 Å². The number of rotatable bonds is 7. The summed E-state index contributed by atoms with van der Waals surface area (Å²) >= 11 is 0. The monoisotopic (exact) mass is 466 g/mol. The predicted octanol–water partition coefficient (Wildman–Crippen LogP) is 3.71. The highest BCUT2D eigenvalue weighted by Gasteiger charge is 2.24. The van der Waals surface area contributed by atoms with Crippen LogP contribution in [0.15, 0.2) is 41.3 Å². The van der Waals surface area contributed by atoms with E-state index < -0.39 is 0 Å². The van der Waals surface area contributed by atoms with E-state index in [1.165, 1.54) is 14.2 Å². The van der Waals surface area contributed by atoms with Gasteiger partial charge in [0.15, 0.2) is 11.5 Å². The Balaban J connectivity index is 1.89. The van der Waals surface area contributed by atoms with Gasteiger partial charge in [0.1, 0.15) is 11.5 Å². The Kier molecular flexibility index (Phi) is 6.95. The highest BCUT2D eigenvalue weighted by molar-refractivity contribution is 6.07. The number of benzene rings is 2. The number of nitrogens with zero attached hydrogens (tertiary/aromatic N) is 2. The van der Waals surface area contributed by atoms with Gasteiger partial charge in [0.05, 0.1) is 45.9 Å². The van der Waals surface area contributed by atoms with Crippen LogP contribution in [0.1, 0.15) is 35.2 Å². The lowest BCUT2D eigenvalue weighted by molar-refractivity contribution is 0.0725. The van der Waals surface area contributed by atoms with Gasteiger partial charge in [-0.15, -0.1) is 0 Å². The third-order valence-corrected chi connectivity index (χ3v) is 6.30. The van der Waals surface area contributed by atoms with Crippen LogP contribution < -0.4 is 24.5 Å². The Bertz CT molecular complexity index is 1260. The van der Waals surface area contributed by atoms with Gasteiger partial charge in [0, 0.05) is 36.3 Å². The van der Waals surface area contributed by atoms with Crippen LogP contribution in [0.4, 0.5) is 0 Å². The number of aromatic nitrogens is 1. The molecule has 3 aromatic rings. The topological polar surface area (TPSA) is 79.2 Å². The molecule has 2 heterocycles. The van der Waals surface area contributed by atoms with Crippen molar-refractivity contribution in [3.05, 3.63) is 58.0 Å². The van der Waals surface area contributed by atoms with Crippen molar-refractivity contribution in [1.82, 2.24) is 9.47 Å². The molecule has 0 atom stereocenters. The van der Waals surface area contributed by atoms with Gasteiger partial charge in [-0.3, -0.25) is 9.59 Å². The van der Waals surface area contributed by atoms with Crippen LogP contribution in [0.25, 0.3) is 10.8 Å². The number of hydrogen-bond donors (Lipinski definition) is 0. The number of pyridine rings is 1. The molecule has 0 spiro atoms. The van der Waals surface area contributed by atoms with Gasteiger partial charge in [-0.25, -0.2) is 0 Å². The molecule has 8 heteroatoms. The largest absolute Gasteiger partial charge is 0.497 e. The Morgan fingerprint density at radius 3 is 2.09 bits per heavy atom. The zero-order valence-electron chi connectivity index (χ0n) is 20.1. The fourth-order valence-corrected chi connectivity index (χ4v) is 4.44. The van der Waals surface area contributed by atoms with Crippen molar-refractivity contribution in [2.75, 3.05) is 41.5 Å². The van der Waals surface area contributed by atoms with Crippen molar-refractivity contribution in [2.24, 2.45) is 0 Å². The van der Waals surface area contributed by atoms with Crippen molar-refractivity contribution < 1.29 is 23.7 Å². The number of amides is 1. The van der Waals surface area contributed by atoms with Gasteiger partial charge >= 0.3 is 0 Å². The lowest BCUT2D eigenvalue weighted by Crippen LogP contribution is -2.36. The van der Waals surface area contributed by atoms with E-state index in [4.69, 9.17) is 18.9 Å². The maximum atomic E-state index is 13.6. The summed E-state index contributed by atoms with van der Waals surface area (Å²) in [5.41, 5.74) is 1.02. The summed E-state index contributed by atoms with van der Waals surface area (Å²) in [7, 11) is 6.21. The summed E-state index contributed by atoms with van der Waals surface area (Å²) in [6.07, 6.45) is 4.72. The summed E-state index contributed by atoms with van der Waals surface area (Å²) in [6.45, 7) is 1.65. The van der Waals surface area contributed by atoms with E-state index in [0.717, 1.165) is 24.8 Å². The fourth-order valence-electron chi connectivity index (χ4n) is 4.44. The molecule has 1 amide bonds. The number of hydrogen-bond acceptors (Lipinski definition) is 6. The second-order valence-electron chi connectivity index (χ2n) is 8.26. The van der Waals surface area contributed by atoms with Crippen LogP contribution in [0.2, 0.25) is 0 Å². The molecule has 2 aromatic carbocycles. The van der Waals surface area contributed by atoms with Gasteiger partial charge < -0.3 is 28.4 Å². The second kappa shape index (κ2) is 10.1. The van der Waals surface area contributed by atoms with Crippen LogP contribution in [-0.4, -0.2) is 56.9 Å². The molecule has 34 heavy (non-hydrogen) atoms. The van der Waals surface area contributed by atoms with Crippen LogP contribution in [0.3, 0.4) is 0 Å². The minimum atomic E-state index is -0.232.